The molecule has 0 aliphatic carbocycles. The fourth-order valence-electron chi connectivity index (χ4n) is 5.28. The van der Waals surface area contributed by atoms with E-state index in [-0.39, 0.29) is 11.4 Å². The first-order valence-corrected chi connectivity index (χ1v) is 11.4. The minimum Gasteiger partial charge on any atom is -0.359 e. The number of carbonyl (C=O) groups excluding carboxylic acids is 1. The lowest BCUT2D eigenvalue weighted by Gasteiger charge is -2.53. The molecule has 3 aromatic rings. The lowest BCUT2D eigenvalue weighted by molar-refractivity contribution is 0.0655. The Balaban J connectivity index is 1.50. The van der Waals surface area contributed by atoms with Crippen molar-refractivity contribution in [3.8, 4) is 5.69 Å². The van der Waals surface area contributed by atoms with Crippen molar-refractivity contribution in [1.29, 1.82) is 0 Å². The number of fused-ring (bicyclic) bond motifs is 4. The standard InChI is InChI=1S/C25H26BrN3O/c1-3-29-22-17-18(2)10-11-21(22)28-14-6-9-23(28)25(29)12-15-27(16-13-25)24(30)19-7-4-5-8-20(19)26/h4-11,14,17H,3,12-13,15-16H2,1-2H3. The van der Waals surface area contributed by atoms with E-state index in [0.29, 0.717) is 0 Å². The lowest BCUT2D eigenvalue weighted by atomic mass is 9.80. The summed E-state index contributed by atoms with van der Waals surface area (Å²) in [4.78, 5) is 17.7. The van der Waals surface area contributed by atoms with Crippen LogP contribution in [-0.2, 0) is 5.54 Å². The van der Waals surface area contributed by atoms with E-state index in [1.807, 2.05) is 29.2 Å². The van der Waals surface area contributed by atoms with Crippen LogP contribution in [0.3, 0.4) is 0 Å². The van der Waals surface area contributed by atoms with E-state index < -0.39 is 0 Å². The van der Waals surface area contributed by atoms with Crippen LogP contribution in [0.4, 0.5) is 5.69 Å². The summed E-state index contributed by atoms with van der Waals surface area (Å²) in [5.41, 5.74) is 5.83. The zero-order chi connectivity index (χ0) is 20.9. The molecule has 0 bridgehead atoms. The van der Waals surface area contributed by atoms with Crippen LogP contribution in [0.15, 0.2) is 65.3 Å². The zero-order valence-corrected chi connectivity index (χ0v) is 19.0. The Kier molecular flexibility index (Phi) is 4.73. The summed E-state index contributed by atoms with van der Waals surface area (Å²) in [5, 5.41) is 0. The van der Waals surface area contributed by atoms with Crippen molar-refractivity contribution in [2.24, 2.45) is 0 Å². The first kappa shape index (κ1) is 19.4. The van der Waals surface area contributed by atoms with Crippen LogP contribution in [-0.4, -0.2) is 35.0 Å². The smallest absolute Gasteiger partial charge is 0.255 e. The number of hydrogen-bond acceptors (Lipinski definition) is 2. The van der Waals surface area contributed by atoms with E-state index in [1.54, 1.807) is 0 Å². The van der Waals surface area contributed by atoms with Gasteiger partial charge in [0.25, 0.3) is 5.91 Å². The molecule has 2 aliphatic rings. The largest absolute Gasteiger partial charge is 0.359 e. The van der Waals surface area contributed by atoms with Gasteiger partial charge in [0, 0.05) is 36.0 Å². The van der Waals surface area contributed by atoms with E-state index in [1.165, 1.54) is 22.6 Å². The summed E-state index contributed by atoms with van der Waals surface area (Å²) in [6.45, 7) is 6.85. The number of nitrogens with zero attached hydrogens (tertiary/aromatic N) is 3. The van der Waals surface area contributed by atoms with Gasteiger partial charge in [0.15, 0.2) is 0 Å². The molecule has 5 rings (SSSR count). The molecule has 0 saturated carbocycles. The third-order valence-electron chi connectivity index (χ3n) is 6.72. The number of rotatable bonds is 2. The molecule has 4 nitrogen and oxygen atoms in total. The maximum atomic E-state index is 13.2. The van der Waals surface area contributed by atoms with Crippen LogP contribution < -0.4 is 4.90 Å². The molecule has 30 heavy (non-hydrogen) atoms. The fourth-order valence-corrected chi connectivity index (χ4v) is 5.73. The molecule has 0 radical (unpaired) electrons. The van der Waals surface area contributed by atoms with Gasteiger partial charge >= 0.3 is 0 Å². The van der Waals surface area contributed by atoms with Gasteiger partial charge < -0.3 is 14.4 Å². The third-order valence-corrected chi connectivity index (χ3v) is 7.41. The number of hydrogen-bond donors (Lipinski definition) is 0. The molecule has 1 amide bonds. The van der Waals surface area contributed by atoms with Crippen molar-refractivity contribution in [2.75, 3.05) is 24.5 Å². The van der Waals surface area contributed by atoms with Gasteiger partial charge in [-0.15, -0.1) is 0 Å². The van der Waals surface area contributed by atoms with Crippen LogP contribution in [0.1, 0.15) is 41.4 Å². The maximum Gasteiger partial charge on any atom is 0.255 e. The molecule has 0 N–H and O–H groups in total. The monoisotopic (exact) mass is 463 g/mol. The Hall–Kier alpha value is -2.53. The fraction of sp³-hybridized carbons (Fsp3) is 0.320. The first-order valence-electron chi connectivity index (χ1n) is 10.7. The average molecular weight is 464 g/mol. The number of halogens is 1. The molecular weight excluding hydrogens is 438 g/mol. The number of likely N-dealkylation sites (tertiary alicyclic amines) is 1. The second-order valence-corrected chi connectivity index (χ2v) is 9.16. The van der Waals surface area contributed by atoms with Gasteiger partial charge in [0.05, 0.1) is 22.5 Å². The Bertz CT molecular complexity index is 1110. The quantitative estimate of drug-likeness (QED) is 0.500. The highest BCUT2D eigenvalue weighted by molar-refractivity contribution is 9.10. The van der Waals surface area contributed by atoms with E-state index in [0.717, 1.165) is 42.5 Å². The Morgan fingerprint density at radius 3 is 2.53 bits per heavy atom. The number of piperidine rings is 1. The highest BCUT2D eigenvalue weighted by atomic mass is 79.9. The number of aromatic nitrogens is 1. The minimum absolute atomic E-state index is 0.0796. The summed E-state index contributed by atoms with van der Waals surface area (Å²) in [6.07, 6.45) is 4.03. The van der Waals surface area contributed by atoms with E-state index in [9.17, 15) is 4.79 Å². The predicted molar refractivity (Wildman–Crippen MR) is 124 cm³/mol. The number of amides is 1. The van der Waals surface area contributed by atoms with Gasteiger partial charge in [-0.3, -0.25) is 4.79 Å². The van der Waals surface area contributed by atoms with E-state index in [2.05, 4.69) is 75.8 Å². The van der Waals surface area contributed by atoms with Gasteiger partial charge in [0.1, 0.15) is 0 Å². The summed E-state index contributed by atoms with van der Waals surface area (Å²) in [6, 6.07) is 18.8. The molecule has 0 atom stereocenters. The molecule has 1 aromatic heterocycles. The highest BCUT2D eigenvalue weighted by Gasteiger charge is 2.47. The van der Waals surface area contributed by atoms with E-state index in [4.69, 9.17) is 0 Å². The van der Waals surface area contributed by atoms with Gasteiger partial charge in [-0.25, -0.2) is 0 Å². The molecule has 5 heteroatoms. The van der Waals surface area contributed by atoms with Crippen LogP contribution >= 0.6 is 15.9 Å². The Labute approximate surface area is 186 Å². The molecule has 0 unspecified atom stereocenters. The van der Waals surface area contributed by atoms with Crippen molar-refractivity contribution in [3.05, 3.63) is 82.1 Å². The summed E-state index contributed by atoms with van der Waals surface area (Å²) < 4.78 is 3.22. The highest BCUT2D eigenvalue weighted by Crippen LogP contribution is 2.48. The Morgan fingerprint density at radius 1 is 1.03 bits per heavy atom. The number of benzene rings is 2. The topological polar surface area (TPSA) is 28.5 Å². The second kappa shape index (κ2) is 7.31. The number of anilines is 1. The second-order valence-electron chi connectivity index (χ2n) is 8.30. The van der Waals surface area contributed by atoms with Crippen LogP contribution in [0, 0.1) is 6.92 Å². The Morgan fingerprint density at radius 2 is 1.80 bits per heavy atom. The van der Waals surface area contributed by atoms with Crippen LogP contribution in [0.2, 0.25) is 0 Å². The molecule has 3 heterocycles. The molecular formula is C25H26BrN3O. The maximum absolute atomic E-state index is 13.2. The summed E-state index contributed by atoms with van der Waals surface area (Å²) >= 11 is 3.54. The molecule has 1 saturated heterocycles. The van der Waals surface area contributed by atoms with Gasteiger partial charge in [-0.05, 0) is 84.6 Å². The predicted octanol–water partition coefficient (Wildman–Crippen LogP) is 5.52. The average Bonchev–Trinajstić information content (AvgIpc) is 3.25. The van der Waals surface area contributed by atoms with Crippen LogP contribution in [0.25, 0.3) is 5.69 Å². The van der Waals surface area contributed by atoms with Crippen molar-refractivity contribution in [1.82, 2.24) is 9.47 Å². The third kappa shape index (κ3) is 2.83. The van der Waals surface area contributed by atoms with Gasteiger partial charge in [-0.1, -0.05) is 18.2 Å². The normalized spacial score (nSPS) is 17.0. The molecule has 154 valence electrons. The lowest BCUT2D eigenvalue weighted by Crippen LogP contribution is -2.57. The molecule has 1 spiro atoms. The zero-order valence-electron chi connectivity index (χ0n) is 17.4. The molecule has 2 aromatic carbocycles. The van der Waals surface area contributed by atoms with Crippen molar-refractivity contribution >= 4 is 27.5 Å². The van der Waals surface area contributed by atoms with Crippen LogP contribution in [0.5, 0.6) is 0 Å². The SMILES string of the molecule is CCN1c2cc(C)ccc2-n2cccc2C12CCN(C(=O)c1ccccc1Br)CC2. The molecule has 1 fully saturated rings. The van der Waals surface area contributed by atoms with Crippen molar-refractivity contribution in [3.63, 3.8) is 0 Å². The van der Waals surface area contributed by atoms with Crippen molar-refractivity contribution in [2.45, 2.75) is 32.2 Å². The number of carbonyl (C=O) groups is 1. The van der Waals surface area contributed by atoms with E-state index >= 15 is 0 Å². The van der Waals surface area contributed by atoms with Gasteiger partial charge in [0.2, 0.25) is 0 Å². The first-order chi connectivity index (χ1) is 14.5. The summed E-state index contributed by atoms with van der Waals surface area (Å²) in [5.74, 6) is 0.114. The van der Waals surface area contributed by atoms with Gasteiger partial charge in [-0.2, -0.15) is 0 Å². The minimum atomic E-state index is -0.0796. The molecule has 2 aliphatic heterocycles. The van der Waals surface area contributed by atoms with Crippen molar-refractivity contribution < 1.29 is 4.79 Å². The summed E-state index contributed by atoms with van der Waals surface area (Å²) in [7, 11) is 0. The number of aryl methyl sites for hydroxylation is 1.